The summed E-state index contributed by atoms with van der Waals surface area (Å²) in [6, 6.07) is 23.4. The van der Waals surface area contributed by atoms with Crippen LogP contribution in [0, 0.1) is 0 Å². The van der Waals surface area contributed by atoms with Crippen molar-refractivity contribution >= 4 is 22.5 Å². The highest BCUT2D eigenvalue weighted by Crippen LogP contribution is 2.41. The maximum absolute atomic E-state index is 6.11. The molecule has 1 fully saturated rings. The van der Waals surface area contributed by atoms with Gasteiger partial charge in [0, 0.05) is 21.7 Å². The predicted molar refractivity (Wildman–Crippen MR) is 104 cm³/mol. The Labute approximate surface area is 161 Å². The standard InChI is InChI=1S/C22H16ClNO3/c23-18-9-6-16(7-10-18)22(25-12-13-26-22)17-8-11-20-19(14-17)21(27-24-20)15-4-2-1-3-5-15/h1-11,14H,12-13H2. The first-order chi connectivity index (χ1) is 13.3. The number of ether oxygens (including phenoxy) is 2. The Hall–Kier alpha value is -2.66. The highest BCUT2D eigenvalue weighted by atomic mass is 35.5. The van der Waals surface area contributed by atoms with Crippen molar-refractivity contribution < 1.29 is 14.0 Å². The highest BCUT2D eigenvalue weighted by Gasteiger charge is 2.41. The molecule has 3 aromatic carbocycles. The summed E-state index contributed by atoms with van der Waals surface area (Å²) in [7, 11) is 0. The summed E-state index contributed by atoms with van der Waals surface area (Å²) in [5.74, 6) is -0.221. The quantitative estimate of drug-likeness (QED) is 0.479. The van der Waals surface area contributed by atoms with Crippen molar-refractivity contribution in [3.05, 3.63) is 88.9 Å². The maximum Gasteiger partial charge on any atom is 0.222 e. The molecule has 0 spiro atoms. The van der Waals surface area contributed by atoms with Gasteiger partial charge in [-0.25, -0.2) is 0 Å². The molecule has 5 rings (SSSR count). The number of nitrogens with zero attached hydrogens (tertiary/aromatic N) is 1. The minimum absolute atomic E-state index is 0.524. The monoisotopic (exact) mass is 377 g/mol. The van der Waals surface area contributed by atoms with Crippen molar-refractivity contribution in [2.24, 2.45) is 0 Å². The fourth-order valence-corrected chi connectivity index (χ4v) is 3.65. The highest BCUT2D eigenvalue weighted by molar-refractivity contribution is 6.30. The Bertz CT molecular complexity index is 1080. The molecule has 0 N–H and O–H groups in total. The SMILES string of the molecule is Clc1ccc(C2(c3ccc4noc(-c5ccccc5)c4c3)OCCO2)cc1. The third-order valence-corrected chi connectivity index (χ3v) is 5.06. The van der Waals surface area contributed by atoms with Crippen LogP contribution in [0.15, 0.2) is 77.3 Å². The molecule has 1 saturated heterocycles. The lowest BCUT2D eigenvalue weighted by Gasteiger charge is -2.28. The van der Waals surface area contributed by atoms with Crippen molar-refractivity contribution in [3.8, 4) is 11.3 Å². The minimum Gasteiger partial charge on any atom is -0.355 e. The van der Waals surface area contributed by atoms with E-state index in [0.29, 0.717) is 18.2 Å². The molecule has 0 bridgehead atoms. The van der Waals surface area contributed by atoms with Crippen molar-refractivity contribution in [2.75, 3.05) is 13.2 Å². The molecule has 27 heavy (non-hydrogen) atoms. The van der Waals surface area contributed by atoms with E-state index in [-0.39, 0.29) is 0 Å². The number of hydrogen-bond donors (Lipinski definition) is 0. The van der Waals surface area contributed by atoms with Gasteiger partial charge < -0.3 is 14.0 Å². The second-order valence-electron chi connectivity index (χ2n) is 6.43. The second kappa shape index (κ2) is 6.50. The third-order valence-electron chi connectivity index (χ3n) is 4.81. The Morgan fingerprint density at radius 1 is 0.815 bits per heavy atom. The Kier molecular flexibility index (Phi) is 3.97. The van der Waals surface area contributed by atoms with Gasteiger partial charge >= 0.3 is 0 Å². The summed E-state index contributed by atoms with van der Waals surface area (Å²) in [6.07, 6.45) is 0. The smallest absolute Gasteiger partial charge is 0.222 e. The molecule has 134 valence electrons. The van der Waals surface area contributed by atoms with E-state index in [9.17, 15) is 0 Å². The van der Waals surface area contributed by atoms with Gasteiger partial charge in [0.15, 0.2) is 5.76 Å². The van der Waals surface area contributed by atoms with Crippen LogP contribution < -0.4 is 0 Å². The molecular formula is C22H16ClNO3. The van der Waals surface area contributed by atoms with E-state index < -0.39 is 5.79 Å². The number of fused-ring (bicyclic) bond motifs is 1. The van der Waals surface area contributed by atoms with Crippen LogP contribution in [0.25, 0.3) is 22.2 Å². The lowest BCUT2D eigenvalue weighted by molar-refractivity contribution is -0.129. The molecule has 4 aromatic rings. The fraction of sp³-hybridized carbons (Fsp3) is 0.136. The van der Waals surface area contributed by atoms with E-state index >= 15 is 0 Å². The molecule has 2 heterocycles. The van der Waals surface area contributed by atoms with Crippen LogP contribution in [0.1, 0.15) is 11.1 Å². The molecule has 0 saturated carbocycles. The summed E-state index contributed by atoms with van der Waals surface area (Å²) in [6.45, 7) is 1.05. The van der Waals surface area contributed by atoms with Crippen LogP contribution in [0.5, 0.6) is 0 Å². The van der Waals surface area contributed by atoms with E-state index in [1.807, 2.05) is 72.8 Å². The molecule has 0 atom stereocenters. The fourth-order valence-electron chi connectivity index (χ4n) is 3.53. The van der Waals surface area contributed by atoms with Gasteiger partial charge in [0.05, 0.1) is 18.6 Å². The van der Waals surface area contributed by atoms with Gasteiger partial charge in [-0.3, -0.25) is 0 Å². The van der Waals surface area contributed by atoms with Gasteiger partial charge in [-0.1, -0.05) is 65.3 Å². The van der Waals surface area contributed by atoms with Gasteiger partial charge in [-0.05, 0) is 24.3 Å². The Morgan fingerprint density at radius 3 is 2.26 bits per heavy atom. The van der Waals surface area contributed by atoms with E-state index in [1.54, 1.807) is 0 Å². The van der Waals surface area contributed by atoms with Crippen LogP contribution in [0.4, 0.5) is 0 Å². The molecule has 0 radical (unpaired) electrons. The number of rotatable bonds is 3. The minimum atomic E-state index is -0.954. The van der Waals surface area contributed by atoms with Gasteiger partial charge in [-0.2, -0.15) is 0 Å². The maximum atomic E-state index is 6.11. The van der Waals surface area contributed by atoms with Crippen LogP contribution in [0.2, 0.25) is 5.02 Å². The van der Waals surface area contributed by atoms with E-state index in [1.165, 1.54) is 0 Å². The summed E-state index contributed by atoms with van der Waals surface area (Å²) in [5, 5.41) is 5.79. The summed E-state index contributed by atoms with van der Waals surface area (Å²) in [4.78, 5) is 0. The van der Waals surface area contributed by atoms with Crippen molar-refractivity contribution in [3.63, 3.8) is 0 Å². The van der Waals surface area contributed by atoms with E-state index in [0.717, 1.165) is 33.4 Å². The van der Waals surface area contributed by atoms with Crippen molar-refractivity contribution in [2.45, 2.75) is 5.79 Å². The van der Waals surface area contributed by atoms with Gasteiger partial charge in [0.2, 0.25) is 5.79 Å². The second-order valence-corrected chi connectivity index (χ2v) is 6.87. The Balaban J connectivity index is 1.68. The first-order valence-electron chi connectivity index (χ1n) is 8.75. The normalized spacial score (nSPS) is 16.0. The summed E-state index contributed by atoms with van der Waals surface area (Å²) < 4.78 is 17.8. The molecule has 5 heteroatoms. The average Bonchev–Trinajstić information content (AvgIpc) is 3.37. The van der Waals surface area contributed by atoms with Gasteiger partial charge in [-0.15, -0.1) is 0 Å². The van der Waals surface area contributed by atoms with Crippen LogP contribution in [0.3, 0.4) is 0 Å². The zero-order valence-electron chi connectivity index (χ0n) is 14.4. The van der Waals surface area contributed by atoms with Crippen LogP contribution >= 0.6 is 11.6 Å². The Morgan fingerprint density at radius 2 is 1.52 bits per heavy atom. The lowest BCUT2D eigenvalue weighted by Crippen LogP contribution is -2.28. The zero-order chi connectivity index (χ0) is 18.3. The predicted octanol–water partition coefficient (Wildman–Crippen LogP) is 5.40. The van der Waals surface area contributed by atoms with Crippen molar-refractivity contribution in [1.29, 1.82) is 0 Å². The molecule has 1 aliphatic rings. The first-order valence-corrected chi connectivity index (χ1v) is 9.13. The number of halogens is 1. The molecule has 0 aliphatic carbocycles. The summed E-state index contributed by atoms with van der Waals surface area (Å²) in [5.41, 5.74) is 3.57. The van der Waals surface area contributed by atoms with Crippen LogP contribution in [-0.4, -0.2) is 18.4 Å². The molecule has 0 amide bonds. The molecular weight excluding hydrogens is 362 g/mol. The zero-order valence-corrected chi connectivity index (χ0v) is 15.1. The van der Waals surface area contributed by atoms with E-state index in [4.69, 9.17) is 25.6 Å². The van der Waals surface area contributed by atoms with E-state index in [2.05, 4.69) is 5.16 Å². The molecule has 1 aromatic heterocycles. The van der Waals surface area contributed by atoms with Gasteiger partial charge in [0.1, 0.15) is 5.52 Å². The molecule has 1 aliphatic heterocycles. The largest absolute Gasteiger partial charge is 0.355 e. The third kappa shape index (κ3) is 2.73. The lowest BCUT2D eigenvalue weighted by atomic mass is 9.95. The summed E-state index contributed by atoms with van der Waals surface area (Å²) >= 11 is 6.06. The van der Waals surface area contributed by atoms with Crippen LogP contribution in [-0.2, 0) is 15.3 Å². The van der Waals surface area contributed by atoms with Crippen molar-refractivity contribution in [1.82, 2.24) is 5.16 Å². The topological polar surface area (TPSA) is 44.5 Å². The average molecular weight is 378 g/mol. The first kappa shape index (κ1) is 16.5. The number of benzene rings is 3. The molecule has 0 unspecified atom stereocenters. The van der Waals surface area contributed by atoms with Gasteiger partial charge in [0.25, 0.3) is 0 Å². The molecule has 4 nitrogen and oxygen atoms in total. The number of hydrogen-bond acceptors (Lipinski definition) is 4. The number of aromatic nitrogens is 1.